The molecule has 2 nitrogen and oxygen atoms in total. The van der Waals surface area contributed by atoms with Crippen LogP contribution < -0.4 is 0 Å². The number of terminal acetylenes is 1. The van der Waals surface area contributed by atoms with E-state index in [2.05, 4.69) is 5.92 Å². The Labute approximate surface area is 104 Å². The molecule has 0 aromatic heterocycles. The molecule has 2 aliphatic rings. The molecule has 1 atom stereocenters. The van der Waals surface area contributed by atoms with Gasteiger partial charge in [0.1, 0.15) is 0 Å². The molecule has 1 aliphatic heterocycles. The molecule has 0 aromatic rings. The van der Waals surface area contributed by atoms with Gasteiger partial charge in [-0.2, -0.15) is 0 Å². The van der Waals surface area contributed by atoms with Crippen molar-refractivity contribution in [2.75, 3.05) is 13.2 Å². The van der Waals surface area contributed by atoms with Gasteiger partial charge < -0.3 is 9.47 Å². The van der Waals surface area contributed by atoms with E-state index < -0.39 is 0 Å². The van der Waals surface area contributed by atoms with Gasteiger partial charge in [0.2, 0.25) is 0 Å². The molecule has 94 valence electrons. The van der Waals surface area contributed by atoms with Gasteiger partial charge in [0, 0.05) is 6.42 Å². The monoisotopic (exact) mass is 234 g/mol. The summed E-state index contributed by atoms with van der Waals surface area (Å²) < 4.78 is 11.3. The van der Waals surface area contributed by atoms with Crippen molar-refractivity contribution >= 4 is 0 Å². The minimum Gasteiger partial charge on any atom is -0.348 e. The summed E-state index contributed by atoms with van der Waals surface area (Å²) in [6.07, 6.45) is 14.5. The third kappa shape index (κ3) is 3.34. The van der Waals surface area contributed by atoms with Crippen LogP contribution in [0.4, 0.5) is 0 Å². The Hall–Kier alpha value is -0.780. The summed E-state index contributed by atoms with van der Waals surface area (Å²) in [5.74, 6) is 2.97. The summed E-state index contributed by atoms with van der Waals surface area (Å²) in [7, 11) is 0. The molecular formula is C15H22O2. The van der Waals surface area contributed by atoms with Crippen LogP contribution in [0.3, 0.4) is 0 Å². The SMILES string of the molecule is C#CC=C1CCCCC1CCC1(C)OCCO1. The van der Waals surface area contributed by atoms with Crippen molar-refractivity contribution in [3.63, 3.8) is 0 Å². The first-order valence-electron chi connectivity index (χ1n) is 6.66. The Bertz CT molecular complexity index is 318. The van der Waals surface area contributed by atoms with Crippen LogP contribution in [-0.2, 0) is 9.47 Å². The fourth-order valence-corrected chi connectivity index (χ4v) is 2.87. The minimum absolute atomic E-state index is 0.349. The molecule has 1 saturated heterocycles. The van der Waals surface area contributed by atoms with Crippen molar-refractivity contribution < 1.29 is 9.47 Å². The lowest BCUT2D eigenvalue weighted by Crippen LogP contribution is -2.27. The summed E-state index contributed by atoms with van der Waals surface area (Å²) in [6.45, 7) is 3.51. The second kappa shape index (κ2) is 5.71. The summed E-state index contributed by atoms with van der Waals surface area (Å²) in [6, 6.07) is 0. The lowest BCUT2D eigenvalue weighted by molar-refractivity contribution is -0.148. The largest absolute Gasteiger partial charge is 0.348 e. The normalized spacial score (nSPS) is 30.4. The molecule has 1 saturated carbocycles. The average molecular weight is 234 g/mol. The smallest absolute Gasteiger partial charge is 0.165 e. The maximum absolute atomic E-state index is 5.64. The van der Waals surface area contributed by atoms with Gasteiger partial charge in [-0.1, -0.05) is 17.9 Å². The Morgan fingerprint density at radius 1 is 1.41 bits per heavy atom. The first-order chi connectivity index (χ1) is 8.23. The van der Waals surface area contributed by atoms with E-state index in [1.165, 1.54) is 31.3 Å². The van der Waals surface area contributed by atoms with Crippen LogP contribution >= 0.6 is 0 Å². The molecule has 0 amide bonds. The molecule has 0 N–H and O–H groups in total. The van der Waals surface area contributed by atoms with Crippen molar-refractivity contribution in [3.05, 3.63) is 11.6 Å². The molecular weight excluding hydrogens is 212 g/mol. The molecule has 17 heavy (non-hydrogen) atoms. The maximum atomic E-state index is 5.64. The number of allylic oxidation sites excluding steroid dienone is 2. The zero-order chi connectivity index (χ0) is 12.1. The van der Waals surface area contributed by atoms with E-state index in [4.69, 9.17) is 15.9 Å². The summed E-state index contributed by atoms with van der Waals surface area (Å²) >= 11 is 0. The number of rotatable bonds is 3. The third-order valence-electron chi connectivity index (χ3n) is 3.91. The highest BCUT2D eigenvalue weighted by molar-refractivity contribution is 5.21. The first-order valence-corrected chi connectivity index (χ1v) is 6.66. The predicted molar refractivity (Wildman–Crippen MR) is 68.4 cm³/mol. The van der Waals surface area contributed by atoms with E-state index in [9.17, 15) is 0 Å². The zero-order valence-electron chi connectivity index (χ0n) is 10.7. The van der Waals surface area contributed by atoms with Gasteiger partial charge in [-0.3, -0.25) is 0 Å². The standard InChI is InChI=1S/C15H22O2/c1-3-6-13-7-4-5-8-14(13)9-10-15(2)16-11-12-17-15/h1,6,14H,4-5,7-12H2,2H3. The lowest BCUT2D eigenvalue weighted by Gasteiger charge is -2.29. The van der Waals surface area contributed by atoms with Gasteiger partial charge in [-0.15, -0.1) is 6.42 Å². The van der Waals surface area contributed by atoms with Gasteiger partial charge in [-0.05, 0) is 44.6 Å². The van der Waals surface area contributed by atoms with Crippen LogP contribution in [-0.4, -0.2) is 19.0 Å². The van der Waals surface area contributed by atoms with E-state index >= 15 is 0 Å². The minimum atomic E-state index is -0.349. The Balaban J connectivity index is 1.88. The number of hydrogen-bond donors (Lipinski definition) is 0. The van der Waals surface area contributed by atoms with Crippen LogP contribution in [0.2, 0.25) is 0 Å². The highest BCUT2D eigenvalue weighted by Gasteiger charge is 2.32. The van der Waals surface area contributed by atoms with E-state index in [0.717, 1.165) is 26.1 Å². The van der Waals surface area contributed by atoms with Crippen LogP contribution in [0.5, 0.6) is 0 Å². The number of hydrogen-bond acceptors (Lipinski definition) is 2. The van der Waals surface area contributed by atoms with Gasteiger partial charge in [0.25, 0.3) is 0 Å². The van der Waals surface area contributed by atoms with Crippen LogP contribution in [0.15, 0.2) is 11.6 Å². The Kier molecular flexibility index (Phi) is 4.25. The molecule has 1 unspecified atom stereocenters. The van der Waals surface area contributed by atoms with Crippen molar-refractivity contribution in [3.8, 4) is 12.3 Å². The number of ether oxygens (including phenoxy) is 2. The second-order valence-corrected chi connectivity index (χ2v) is 5.20. The zero-order valence-corrected chi connectivity index (χ0v) is 10.7. The molecule has 2 heteroatoms. The van der Waals surface area contributed by atoms with Crippen LogP contribution in [0.1, 0.15) is 45.4 Å². The molecule has 2 rings (SSSR count). The highest BCUT2D eigenvalue weighted by atomic mass is 16.7. The summed E-state index contributed by atoms with van der Waals surface area (Å²) in [4.78, 5) is 0. The second-order valence-electron chi connectivity index (χ2n) is 5.20. The Morgan fingerprint density at radius 2 is 2.18 bits per heavy atom. The van der Waals surface area contributed by atoms with Gasteiger partial charge in [0.15, 0.2) is 5.79 Å². The van der Waals surface area contributed by atoms with E-state index in [0.29, 0.717) is 5.92 Å². The van der Waals surface area contributed by atoms with Gasteiger partial charge in [-0.25, -0.2) is 0 Å². The van der Waals surface area contributed by atoms with Crippen molar-refractivity contribution in [2.45, 2.75) is 51.2 Å². The maximum Gasteiger partial charge on any atom is 0.165 e. The molecule has 1 heterocycles. The van der Waals surface area contributed by atoms with Crippen molar-refractivity contribution in [1.82, 2.24) is 0 Å². The third-order valence-corrected chi connectivity index (χ3v) is 3.91. The highest BCUT2D eigenvalue weighted by Crippen LogP contribution is 2.35. The predicted octanol–water partition coefficient (Wildman–Crippen LogP) is 3.28. The molecule has 1 aliphatic carbocycles. The van der Waals surface area contributed by atoms with Gasteiger partial charge in [0.05, 0.1) is 13.2 Å². The van der Waals surface area contributed by atoms with Crippen LogP contribution in [0, 0.1) is 18.3 Å². The fourth-order valence-electron chi connectivity index (χ4n) is 2.87. The molecule has 2 fully saturated rings. The van der Waals surface area contributed by atoms with E-state index in [-0.39, 0.29) is 5.79 Å². The molecule has 0 radical (unpaired) electrons. The van der Waals surface area contributed by atoms with Crippen molar-refractivity contribution in [1.29, 1.82) is 0 Å². The van der Waals surface area contributed by atoms with Gasteiger partial charge >= 0.3 is 0 Å². The quantitative estimate of drug-likeness (QED) is 0.698. The first kappa shape index (κ1) is 12.7. The summed E-state index contributed by atoms with van der Waals surface area (Å²) in [5, 5.41) is 0. The topological polar surface area (TPSA) is 18.5 Å². The lowest BCUT2D eigenvalue weighted by atomic mass is 9.80. The molecule has 0 aromatic carbocycles. The van der Waals surface area contributed by atoms with E-state index in [1.54, 1.807) is 0 Å². The van der Waals surface area contributed by atoms with Crippen molar-refractivity contribution in [2.24, 2.45) is 5.92 Å². The average Bonchev–Trinajstić information content (AvgIpc) is 2.76. The fraction of sp³-hybridized carbons (Fsp3) is 0.733. The van der Waals surface area contributed by atoms with Crippen LogP contribution in [0.25, 0.3) is 0 Å². The Morgan fingerprint density at radius 3 is 2.88 bits per heavy atom. The summed E-state index contributed by atoms with van der Waals surface area (Å²) in [5.41, 5.74) is 1.46. The molecule has 0 spiro atoms. The molecule has 0 bridgehead atoms. The van der Waals surface area contributed by atoms with E-state index in [1.807, 2.05) is 13.0 Å².